The Labute approximate surface area is 293 Å². The van der Waals surface area contributed by atoms with Crippen LogP contribution in [0.1, 0.15) is 13.8 Å². The van der Waals surface area contributed by atoms with Crippen LogP contribution in [0.25, 0.3) is 22.3 Å². The standard InChI is InChI=1S/C33H40O19/c1-10-19(37)25(43)30(45)52-31(10)51-29-24(42)21(39)17(9-46-32-26(44)23(41)20(38)11(2)47-32)49-33(29)50-28-22(40)18-15(36)7-14(35)8-16(18)48-27(28)12-3-5-13(34)6-4-12/h3-8,10-11,17,19-21,23-26,29-39,41-45H,9H2,1-2H3/t10-,11+,17-,19+,20+,21+,23-,24+,25-,26-,29-,30-,31-,32-,33+/m1/s1. The monoisotopic (exact) mass is 740 g/mol. The van der Waals surface area contributed by atoms with E-state index in [0.717, 1.165) is 12.1 Å². The van der Waals surface area contributed by atoms with Gasteiger partial charge in [0.2, 0.25) is 17.5 Å². The lowest BCUT2D eigenvalue weighted by Gasteiger charge is -2.46. The largest absolute Gasteiger partial charge is 0.508 e. The third kappa shape index (κ3) is 7.16. The second-order valence-corrected chi connectivity index (χ2v) is 13.0. The van der Waals surface area contributed by atoms with E-state index >= 15 is 0 Å². The van der Waals surface area contributed by atoms with Crippen LogP contribution in [0.3, 0.4) is 0 Å². The molecule has 3 aliphatic heterocycles. The van der Waals surface area contributed by atoms with Crippen LogP contribution in [0.15, 0.2) is 45.6 Å². The van der Waals surface area contributed by atoms with Crippen molar-refractivity contribution in [3.05, 3.63) is 46.6 Å². The van der Waals surface area contributed by atoms with Gasteiger partial charge in [0.15, 0.2) is 30.7 Å². The number of benzene rings is 2. The Kier molecular flexibility index (Phi) is 11.0. The molecule has 52 heavy (non-hydrogen) atoms. The Morgan fingerprint density at radius 2 is 1.38 bits per heavy atom. The summed E-state index contributed by atoms with van der Waals surface area (Å²) in [7, 11) is 0. The third-order valence-electron chi connectivity index (χ3n) is 9.33. The van der Waals surface area contributed by atoms with Crippen LogP contribution in [0.2, 0.25) is 0 Å². The fourth-order valence-electron chi connectivity index (χ4n) is 6.21. The average molecular weight is 741 g/mol. The molecule has 286 valence electrons. The molecule has 2 aromatic carbocycles. The molecule has 0 bridgehead atoms. The molecule has 6 rings (SSSR count). The lowest BCUT2D eigenvalue weighted by Crippen LogP contribution is -2.64. The number of phenolic OH excluding ortho intramolecular Hbond substituents is 3. The second-order valence-electron chi connectivity index (χ2n) is 13.0. The molecular formula is C33H40O19. The topological polar surface area (TPSA) is 308 Å². The van der Waals surface area contributed by atoms with E-state index in [1.165, 1.54) is 38.1 Å². The fourth-order valence-corrected chi connectivity index (χ4v) is 6.21. The molecule has 3 fully saturated rings. The van der Waals surface area contributed by atoms with E-state index in [1.807, 2.05) is 0 Å². The highest BCUT2D eigenvalue weighted by molar-refractivity contribution is 5.88. The number of ether oxygens (including phenoxy) is 6. The summed E-state index contributed by atoms with van der Waals surface area (Å²) in [6.45, 7) is 2.16. The van der Waals surface area contributed by atoms with Crippen molar-refractivity contribution in [1.29, 1.82) is 0 Å². The first-order valence-corrected chi connectivity index (χ1v) is 16.2. The Bertz CT molecular complexity index is 1760. The highest BCUT2D eigenvalue weighted by Gasteiger charge is 2.52. The first kappa shape index (κ1) is 38.1. The van der Waals surface area contributed by atoms with Gasteiger partial charge in [-0.2, -0.15) is 0 Å². The second kappa shape index (κ2) is 15.0. The van der Waals surface area contributed by atoms with Crippen LogP contribution in [0.4, 0.5) is 0 Å². The maximum absolute atomic E-state index is 14.0. The number of aliphatic hydroxyl groups is 8. The van der Waals surface area contributed by atoms with Gasteiger partial charge >= 0.3 is 0 Å². The molecular weight excluding hydrogens is 700 g/mol. The van der Waals surface area contributed by atoms with Crippen LogP contribution in [-0.2, 0) is 23.7 Å². The van der Waals surface area contributed by atoms with E-state index in [-0.39, 0.29) is 22.7 Å². The summed E-state index contributed by atoms with van der Waals surface area (Å²) in [4.78, 5) is 14.0. The summed E-state index contributed by atoms with van der Waals surface area (Å²) in [6, 6.07) is 7.19. The SMILES string of the molecule is C[C@H]1[C@H](O[C@H]2[C@H](Oc3c(-c4ccc(O)cc4)oc4cc(O)cc(O)c4c3=O)O[C@H](CO[C@@H]3O[C@@H](C)[C@H](O)[C@@H](O)[C@H]3O)[C@H](O)[C@@H]2O)O[C@@H](O)[C@H](O)[C@H]1O. The molecule has 0 radical (unpaired) electrons. The Morgan fingerprint density at radius 1 is 0.692 bits per heavy atom. The highest BCUT2D eigenvalue weighted by Crippen LogP contribution is 2.39. The van der Waals surface area contributed by atoms with Gasteiger partial charge in [0.1, 0.15) is 70.9 Å². The van der Waals surface area contributed by atoms with E-state index in [1.54, 1.807) is 0 Å². The van der Waals surface area contributed by atoms with Gasteiger partial charge in [-0.1, -0.05) is 6.92 Å². The zero-order valence-electron chi connectivity index (χ0n) is 27.5. The lowest BCUT2D eigenvalue weighted by atomic mass is 9.94. The predicted octanol–water partition coefficient (Wildman–Crippen LogP) is -2.34. The number of hydrogen-bond donors (Lipinski definition) is 11. The normalized spacial score (nSPS) is 38.3. The van der Waals surface area contributed by atoms with Gasteiger partial charge < -0.3 is 89.0 Å². The summed E-state index contributed by atoms with van der Waals surface area (Å²) >= 11 is 0. The van der Waals surface area contributed by atoms with Crippen molar-refractivity contribution >= 4 is 11.0 Å². The Hall–Kier alpha value is -3.67. The summed E-state index contributed by atoms with van der Waals surface area (Å²) in [5.74, 6) is -3.29. The molecule has 1 aromatic heterocycles. The third-order valence-corrected chi connectivity index (χ3v) is 9.33. The number of phenols is 3. The van der Waals surface area contributed by atoms with Crippen LogP contribution in [0.5, 0.6) is 23.0 Å². The fraction of sp³-hybridized carbons (Fsp3) is 0.545. The van der Waals surface area contributed by atoms with Gasteiger partial charge in [0.05, 0.1) is 18.8 Å². The molecule has 0 spiro atoms. The first-order valence-electron chi connectivity index (χ1n) is 16.2. The highest BCUT2D eigenvalue weighted by atomic mass is 16.8. The zero-order chi connectivity index (χ0) is 37.8. The zero-order valence-corrected chi connectivity index (χ0v) is 27.5. The summed E-state index contributed by atoms with van der Waals surface area (Å²) in [5.41, 5.74) is -1.13. The average Bonchev–Trinajstić information content (AvgIpc) is 3.10. The van der Waals surface area contributed by atoms with E-state index < -0.39 is 127 Å². The quantitative estimate of drug-likeness (QED) is 0.115. The van der Waals surface area contributed by atoms with Gasteiger partial charge in [-0.25, -0.2) is 0 Å². The molecule has 11 N–H and O–H groups in total. The minimum atomic E-state index is -1.97. The smallest absolute Gasteiger partial charge is 0.239 e. The molecule has 0 amide bonds. The van der Waals surface area contributed by atoms with Crippen LogP contribution in [0, 0.1) is 5.92 Å². The van der Waals surface area contributed by atoms with Gasteiger partial charge in [-0.3, -0.25) is 4.79 Å². The molecule has 0 saturated carbocycles. The molecule has 3 saturated heterocycles. The predicted molar refractivity (Wildman–Crippen MR) is 169 cm³/mol. The molecule has 4 heterocycles. The summed E-state index contributed by atoms with van der Waals surface area (Å²) < 4.78 is 40.2. The van der Waals surface area contributed by atoms with Crippen molar-refractivity contribution in [2.45, 2.75) is 100 Å². The minimum absolute atomic E-state index is 0.145. The van der Waals surface area contributed by atoms with Crippen molar-refractivity contribution in [3.63, 3.8) is 0 Å². The molecule has 0 unspecified atom stereocenters. The lowest BCUT2D eigenvalue weighted by molar-refractivity contribution is -0.373. The van der Waals surface area contributed by atoms with Gasteiger partial charge in [-0.15, -0.1) is 0 Å². The van der Waals surface area contributed by atoms with Crippen LogP contribution < -0.4 is 10.2 Å². The summed E-state index contributed by atoms with van der Waals surface area (Å²) in [6.07, 6.45) is -23.3. The minimum Gasteiger partial charge on any atom is -0.508 e. The van der Waals surface area contributed by atoms with Crippen molar-refractivity contribution in [3.8, 4) is 34.3 Å². The maximum atomic E-state index is 14.0. The number of rotatable bonds is 8. The molecule has 19 nitrogen and oxygen atoms in total. The van der Waals surface area contributed by atoms with E-state index in [2.05, 4.69) is 0 Å². The van der Waals surface area contributed by atoms with Gasteiger partial charge in [-0.05, 0) is 31.2 Å². The molecule has 3 aromatic rings. The van der Waals surface area contributed by atoms with Crippen LogP contribution >= 0.6 is 0 Å². The number of fused-ring (bicyclic) bond motifs is 1. The van der Waals surface area contributed by atoms with Crippen molar-refractivity contribution in [1.82, 2.24) is 0 Å². The number of hydrogen-bond acceptors (Lipinski definition) is 19. The van der Waals surface area contributed by atoms with E-state index in [9.17, 15) is 61.0 Å². The first-order chi connectivity index (χ1) is 24.6. The molecule has 19 heteroatoms. The van der Waals surface area contributed by atoms with E-state index in [0.29, 0.717) is 0 Å². The van der Waals surface area contributed by atoms with Crippen LogP contribution in [-0.4, -0.2) is 149 Å². The van der Waals surface area contributed by atoms with Crippen molar-refractivity contribution in [2.75, 3.05) is 6.61 Å². The van der Waals surface area contributed by atoms with Crippen molar-refractivity contribution < 1.29 is 89.0 Å². The Balaban J connectivity index is 1.38. The maximum Gasteiger partial charge on any atom is 0.239 e. The van der Waals surface area contributed by atoms with Gasteiger partial charge in [0.25, 0.3) is 0 Å². The van der Waals surface area contributed by atoms with E-state index in [4.69, 9.17) is 32.8 Å². The molecule has 3 aliphatic rings. The molecule has 15 atom stereocenters. The van der Waals surface area contributed by atoms with Gasteiger partial charge in [0, 0.05) is 23.6 Å². The Morgan fingerprint density at radius 3 is 2.08 bits per heavy atom. The van der Waals surface area contributed by atoms with Crippen molar-refractivity contribution in [2.24, 2.45) is 5.92 Å². The summed E-state index contributed by atoms with van der Waals surface area (Å²) in [5, 5.41) is 114. The molecule has 0 aliphatic carbocycles. The number of aliphatic hydroxyl groups excluding tert-OH is 8. The number of aromatic hydroxyl groups is 3.